The standard InChI is InChI=1S/C25H54N.C8H16O2.C8H18O.ClH/c1-5-8-11-14-17-20-23-26(4,24-21-18-15-12-9-6-2)25-22-19-16-13-10-7-3;1-2-3-4-5-6-7-8(9)10;1-2-3-4-5-6-7-8-9;/h5-25H2,1-4H3;2-7H2,1H3,(H,9,10);9H,2-8H2,1H3;1H/q+1;;;/p-1. The average Bonchev–Trinajstić information content (AvgIpc) is 3.03. The van der Waals surface area contributed by atoms with Crippen molar-refractivity contribution >= 4 is 5.97 Å². The Hall–Kier alpha value is -0.320. The molecule has 46 heavy (non-hydrogen) atoms. The van der Waals surface area contributed by atoms with Gasteiger partial charge in [-0.2, -0.15) is 0 Å². The van der Waals surface area contributed by atoms with E-state index in [1.54, 1.807) is 0 Å². The van der Waals surface area contributed by atoms with Crippen LogP contribution in [0.5, 0.6) is 0 Å². The first-order valence-electron chi connectivity index (χ1n) is 20.5. The monoisotopic (exact) mass is 678 g/mol. The van der Waals surface area contributed by atoms with Crippen LogP contribution in [0.15, 0.2) is 0 Å². The van der Waals surface area contributed by atoms with Gasteiger partial charge in [0.05, 0.1) is 26.7 Å². The Morgan fingerprint density at radius 2 is 0.652 bits per heavy atom. The molecule has 0 amide bonds. The van der Waals surface area contributed by atoms with Gasteiger partial charge in [-0.3, -0.25) is 4.79 Å². The quantitative estimate of drug-likeness (QED) is 0.0537. The lowest BCUT2D eigenvalue weighted by Crippen LogP contribution is -3.00. The molecular weight excluding hydrogens is 590 g/mol. The molecule has 0 radical (unpaired) electrons. The van der Waals surface area contributed by atoms with E-state index in [1.807, 2.05) is 0 Å². The Balaban J connectivity index is -0.000000360. The van der Waals surface area contributed by atoms with Crippen LogP contribution in [-0.4, -0.2) is 54.0 Å². The zero-order chi connectivity index (χ0) is 34.1. The molecular formula is C41H88ClNO3. The second kappa shape index (κ2) is 46.8. The topological polar surface area (TPSA) is 57.5 Å². The summed E-state index contributed by atoms with van der Waals surface area (Å²) in [4.78, 5) is 10.0. The molecule has 0 aliphatic carbocycles. The number of aliphatic carboxylic acids is 1. The zero-order valence-corrected chi connectivity index (χ0v) is 33.4. The van der Waals surface area contributed by atoms with E-state index in [9.17, 15) is 4.79 Å². The summed E-state index contributed by atoms with van der Waals surface area (Å²) in [5.41, 5.74) is 0. The maximum absolute atomic E-state index is 10.0. The van der Waals surface area contributed by atoms with Crippen LogP contribution in [0.1, 0.15) is 227 Å². The highest BCUT2D eigenvalue weighted by molar-refractivity contribution is 5.66. The van der Waals surface area contributed by atoms with E-state index in [-0.39, 0.29) is 12.4 Å². The molecule has 0 fully saturated rings. The first-order valence-corrected chi connectivity index (χ1v) is 20.5. The molecule has 2 N–H and O–H groups in total. The molecule has 5 heteroatoms. The molecule has 0 saturated carbocycles. The molecule has 0 unspecified atom stereocenters. The van der Waals surface area contributed by atoms with Crippen molar-refractivity contribution in [2.75, 3.05) is 33.3 Å². The van der Waals surface area contributed by atoms with Gasteiger partial charge in [-0.1, -0.05) is 169 Å². The lowest BCUT2D eigenvalue weighted by Gasteiger charge is -2.35. The van der Waals surface area contributed by atoms with E-state index in [1.165, 1.54) is 191 Å². The number of hydrogen-bond acceptors (Lipinski definition) is 2. The smallest absolute Gasteiger partial charge is 0.303 e. The number of hydrogen-bond donors (Lipinski definition) is 2. The van der Waals surface area contributed by atoms with E-state index in [2.05, 4.69) is 41.7 Å². The fourth-order valence-electron chi connectivity index (χ4n) is 5.93. The number of rotatable bonds is 33. The molecule has 0 aromatic carbocycles. The normalized spacial score (nSPS) is 10.8. The summed E-state index contributed by atoms with van der Waals surface area (Å²) >= 11 is 0. The van der Waals surface area contributed by atoms with Gasteiger partial charge in [-0.15, -0.1) is 0 Å². The maximum atomic E-state index is 10.0. The van der Waals surface area contributed by atoms with Crippen molar-refractivity contribution in [1.82, 2.24) is 0 Å². The Morgan fingerprint density at radius 1 is 0.413 bits per heavy atom. The number of carbonyl (C=O) groups is 1. The molecule has 4 nitrogen and oxygen atoms in total. The van der Waals surface area contributed by atoms with Gasteiger partial charge in [-0.05, 0) is 51.4 Å². The van der Waals surface area contributed by atoms with E-state index in [4.69, 9.17) is 10.2 Å². The fourth-order valence-corrected chi connectivity index (χ4v) is 5.93. The third-order valence-electron chi connectivity index (χ3n) is 9.16. The van der Waals surface area contributed by atoms with Crippen LogP contribution in [0.4, 0.5) is 0 Å². The molecule has 282 valence electrons. The van der Waals surface area contributed by atoms with Gasteiger partial charge in [0.1, 0.15) is 0 Å². The predicted molar refractivity (Wildman–Crippen MR) is 202 cm³/mol. The highest BCUT2D eigenvalue weighted by atomic mass is 35.5. The molecule has 0 aromatic rings. The van der Waals surface area contributed by atoms with Crippen LogP contribution >= 0.6 is 0 Å². The number of carboxylic acid groups (broad SMARTS) is 1. The minimum atomic E-state index is -0.670. The van der Waals surface area contributed by atoms with Crippen molar-refractivity contribution < 1.29 is 31.9 Å². The summed E-state index contributed by atoms with van der Waals surface area (Å²) in [5.74, 6) is -0.670. The third-order valence-corrected chi connectivity index (χ3v) is 9.16. The first-order chi connectivity index (χ1) is 21.9. The number of carboxylic acids is 1. The van der Waals surface area contributed by atoms with Crippen molar-refractivity contribution in [3.8, 4) is 0 Å². The Bertz CT molecular complexity index is 485. The molecule has 0 spiro atoms. The number of aliphatic hydroxyl groups is 1. The number of nitrogens with zero attached hydrogens (tertiary/aromatic N) is 1. The zero-order valence-electron chi connectivity index (χ0n) is 32.7. The summed E-state index contributed by atoms with van der Waals surface area (Å²) in [6, 6.07) is 0. The van der Waals surface area contributed by atoms with Crippen LogP contribution in [-0.2, 0) is 4.79 Å². The molecule has 0 aromatic heterocycles. The highest BCUT2D eigenvalue weighted by Gasteiger charge is 2.20. The second-order valence-corrected chi connectivity index (χ2v) is 14.1. The Labute approximate surface area is 297 Å². The van der Waals surface area contributed by atoms with Crippen LogP contribution in [0.3, 0.4) is 0 Å². The van der Waals surface area contributed by atoms with Gasteiger partial charge in [0.25, 0.3) is 0 Å². The summed E-state index contributed by atoms with van der Waals surface area (Å²) < 4.78 is 1.36. The highest BCUT2D eigenvalue weighted by Crippen LogP contribution is 2.16. The fraction of sp³-hybridized carbons (Fsp3) is 0.976. The van der Waals surface area contributed by atoms with Crippen LogP contribution in [0.2, 0.25) is 0 Å². The lowest BCUT2D eigenvalue weighted by atomic mass is 10.1. The van der Waals surface area contributed by atoms with Gasteiger partial charge < -0.3 is 27.1 Å². The number of unbranched alkanes of at least 4 members (excludes halogenated alkanes) is 24. The summed E-state index contributed by atoms with van der Waals surface area (Å²) in [5, 5.41) is 16.7. The van der Waals surface area contributed by atoms with Gasteiger partial charge in [0.2, 0.25) is 0 Å². The molecule has 0 aliphatic rings. The summed E-state index contributed by atoms with van der Waals surface area (Å²) in [6.07, 6.45) is 39.2. The van der Waals surface area contributed by atoms with Crippen molar-refractivity contribution in [1.29, 1.82) is 0 Å². The Morgan fingerprint density at radius 3 is 0.913 bits per heavy atom. The molecule has 0 saturated heterocycles. The number of halogens is 1. The molecule has 0 rings (SSSR count). The van der Waals surface area contributed by atoms with Crippen LogP contribution in [0.25, 0.3) is 0 Å². The van der Waals surface area contributed by atoms with E-state index in [0.717, 1.165) is 19.3 Å². The molecule has 0 aliphatic heterocycles. The lowest BCUT2D eigenvalue weighted by molar-refractivity contribution is -0.910. The summed E-state index contributed by atoms with van der Waals surface area (Å²) in [6.45, 7) is 16.0. The van der Waals surface area contributed by atoms with Gasteiger partial charge in [-0.25, -0.2) is 0 Å². The number of aliphatic hydroxyl groups excluding tert-OH is 1. The van der Waals surface area contributed by atoms with Crippen molar-refractivity contribution in [2.45, 2.75) is 227 Å². The van der Waals surface area contributed by atoms with Gasteiger partial charge in [0.15, 0.2) is 0 Å². The van der Waals surface area contributed by atoms with E-state index < -0.39 is 5.97 Å². The van der Waals surface area contributed by atoms with E-state index >= 15 is 0 Å². The van der Waals surface area contributed by atoms with Crippen molar-refractivity contribution in [3.63, 3.8) is 0 Å². The summed E-state index contributed by atoms with van der Waals surface area (Å²) in [7, 11) is 2.56. The van der Waals surface area contributed by atoms with Gasteiger partial charge >= 0.3 is 5.97 Å². The maximum Gasteiger partial charge on any atom is 0.303 e. The minimum Gasteiger partial charge on any atom is -1.00 e. The minimum absolute atomic E-state index is 0. The van der Waals surface area contributed by atoms with Crippen molar-refractivity contribution in [2.24, 2.45) is 0 Å². The second-order valence-electron chi connectivity index (χ2n) is 14.1. The van der Waals surface area contributed by atoms with Crippen LogP contribution < -0.4 is 12.4 Å². The van der Waals surface area contributed by atoms with Crippen LogP contribution in [0, 0.1) is 0 Å². The average molecular weight is 679 g/mol. The predicted octanol–water partition coefficient (Wildman–Crippen LogP) is 10.3. The molecule has 0 heterocycles. The van der Waals surface area contributed by atoms with Gasteiger partial charge in [0, 0.05) is 13.0 Å². The first kappa shape index (κ1) is 52.5. The Kier molecular flexibility index (Phi) is 53.4. The largest absolute Gasteiger partial charge is 1.00 e. The van der Waals surface area contributed by atoms with E-state index in [0.29, 0.717) is 13.0 Å². The van der Waals surface area contributed by atoms with Crippen molar-refractivity contribution in [3.05, 3.63) is 0 Å². The third kappa shape index (κ3) is 50.5. The SMILES string of the molecule is CCCCCCCC(=O)O.CCCCCCCCO.CCCCCCCC[N+](C)(CCCCCCCC)CCCCCCCC.[Cl-]. The molecule has 0 bridgehead atoms. The number of quaternary nitrogens is 1. The molecule has 0 atom stereocenters.